The van der Waals surface area contributed by atoms with Gasteiger partial charge in [-0.15, -0.1) is 11.8 Å². The van der Waals surface area contributed by atoms with Crippen LogP contribution in [0.2, 0.25) is 0 Å². The highest BCUT2D eigenvalue weighted by atomic mass is 32.2. The molecule has 0 bridgehead atoms. The molecule has 1 unspecified atom stereocenters. The van der Waals surface area contributed by atoms with E-state index in [-0.39, 0.29) is 17.2 Å². The van der Waals surface area contributed by atoms with Gasteiger partial charge >= 0.3 is 0 Å². The number of piperidine rings is 1. The van der Waals surface area contributed by atoms with Gasteiger partial charge in [-0.3, -0.25) is 9.59 Å². The van der Waals surface area contributed by atoms with Crippen molar-refractivity contribution < 1.29 is 14.3 Å². The molecule has 4 N–H and O–H groups in total. The van der Waals surface area contributed by atoms with E-state index in [0.717, 1.165) is 61.4 Å². The number of carbonyl (C=O) groups is 2. The van der Waals surface area contributed by atoms with Crippen LogP contribution >= 0.6 is 11.8 Å². The fourth-order valence-corrected chi connectivity index (χ4v) is 6.28. The lowest BCUT2D eigenvalue weighted by Gasteiger charge is -2.35. The van der Waals surface area contributed by atoms with E-state index in [9.17, 15) is 9.59 Å². The molecular weight excluding hydrogens is 422 g/mol. The predicted molar refractivity (Wildman–Crippen MR) is 127 cm³/mol. The molecule has 2 aromatic carbocycles. The van der Waals surface area contributed by atoms with Crippen LogP contribution in [-0.4, -0.2) is 36.7 Å². The van der Waals surface area contributed by atoms with Gasteiger partial charge in [0.15, 0.2) is 0 Å². The minimum absolute atomic E-state index is 0.104. The van der Waals surface area contributed by atoms with E-state index in [0.29, 0.717) is 12.2 Å². The summed E-state index contributed by atoms with van der Waals surface area (Å²) in [5.74, 6) is 0.463. The third-order valence-electron chi connectivity index (χ3n) is 6.82. The molecule has 2 aromatic rings. The van der Waals surface area contributed by atoms with Crippen molar-refractivity contribution in [1.29, 1.82) is 0 Å². The topological polar surface area (TPSA) is 93.4 Å². The molecule has 1 atom stereocenters. The van der Waals surface area contributed by atoms with Gasteiger partial charge in [-0.1, -0.05) is 12.1 Å². The maximum Gasteiger partial charge on any atom is 0.251 e. The molecular formula is C25H31N3O3S. The number of nitrogens with two attached hydrogens (primary N) is 1. The Morgan fingerprint density at radius 1 is 1.03 bits per heavy atom. The van der Waals surface area contributed by atoms with Gasteiger partial charge in [0.1, 0.15) is 12.4 Å². The quantitative estimate of drug-likeness (QED) is 0.597. The number of ether oxygens (including phenoxy) is 1. The van der Waals surface area contributed by atoms with E-state index in [1.807, 2.05) is 36.4 Å². The van der Waals surface area contributed by atoms with Crippen molar-refractivity contribution in [3.05, 3.63) is 59.7 Å². The molecule has 32 heavy (non-hydrogen) atoms. The fraction of sp³-hybridized carbons (Fsp3) is 0.440. The number of rotatable bonds is 7. The van der Waals surface area contributed by atoms with Crippen molar-refractivity contribution >= 4 is 23.6 Å². The minimum atomic E-state index is -0.522. The summed E-state index contributed by atoms with van der Waals surface area (Å²) >= 11 is 1.62. The third-order valence-corrected chi connectivity index (χ3v) is 8.27. The van der Waals surface area contributed by atoms with Crippen LogP contribution in [0.3, 0.4) is 0 Å². The smallest absolute Gasteiger partial charge is 0.251 e. The number of amides is 2. The Bertz CT molecular complexity index is 955. The molecule has 1 spiro atoms. The Kier molecular flexibility index (Phi) is 6.76. The summed E-state index contributed by atoms with van der Waals surface area (Å²) in [7, 11) is 1.62. The van der Waals surface area contributed by atoms with Crippen LogP contribution in [0.25, 0.3) is 0 Å². The van der Waals surface area contributed by atoms with Crippen LogP contribution < -0.4 is 21.1 Å². The van der Waals surface area contributed by atoms with E-state index in [1.165, 1.54) is 0 Å². The summed E-state index contributed by atoms with van der Waals surface area (Å²) in [5, 5.41) is 6.04. The highest BCUT2D eigenvalue weighted by Gasteiger charge is 2.52. The molecule has 7 heteroatoms. The van der Waals surface area contributed by atoms with Crippen LogP contribution in [-0.2, 0) is 11.4 Å². The largest absolute Gasteiger partial charge is 0.489 e. The molecule has 1 saturated heterocycles. The molecule has 170 valence electrons. The summed E-state index contributed by atoms with van der Waals surface area (Å²) in [5.41, 5.74) is 7.79. The standard InChI is InChI=1S/C25H31N3O3S/c1-27-22(29)19-4-2-18(3-5-19)16-31-20-6-8-21(9-7-20)32-25(23(26)30)11-10-24(17-25)12-14-28-15-13-24/h2-9,28H,10-17H2,1H3,(H2,26,30)(H,27,29). The number of primary amides is 1. The Hall–Kier alpha value is -2.51. The molecule has 0 radical (unpaired) electrons. The number of benzene rings is 2. The van der Waals surface area contributed by atoms with Crippen LogP contribution in [0, 0.1) is 5.41 Å². The van der Waals surface area contributed by atoms with E-state index < -0.39 is 4.75 Å². The molecule has 4 rings (SSSR count). The summed E-state index contributed by atoms with van der Waals surface area (Å²) in [6.07, 6.45) is 5.03. The second-order valence-electron chi connectivity index (χ2n) is 8.92. The average molecular weight is 454 g/mol. The summed E-state index contributed by atoms with van der Waals surface area (Å²) in [6, 6.07) is 15.2. The Balaban J connectivity index is 1.36. The summed E-state index contributed by atoms with van der Waals surface area (Å²) < 4.78 is 5.38. The normalized spacial score (nSPS) is 21.9. The second kappa shape index (κ2) is 9.55. The van der Waals surface area contributed by atoms with Crippen molar-refractivity contribution in [3.63, 3.8) is 0 Å². The van der Waals surface area contributed by atoms with Crippen LogP contribution in [0.15, 0.2) is 53.4 Å². The Morgan fingerprint density at radius 2 is 1.72 bits per heavy atom. The molecule has 1 aliphatic carbocycles. The lowest BCUT2D eigenvalue weighted by Crippen LogP contribution is -2.42. The zero-order valence-electron chi connectivity index (χ0n) is 18.5. The van der Waals surface area contributed by atoms with Crippen molar-refractivity contribution in [2.45, 2.75) is 48.4 Å². The minimum Gasteiger partial charge on any atom is -0.489 e. The fourth-order valence-electron chi connectivity index (χ4n) is 4.87. The SMILES string of the molecule is CNC(=O)c1ccc(COc2ccc(SC3(C(N)=O)CCC4(CCNCC4)C3)cc2)cc1. The number of hydrogen-bond acceptors (Lipinski definition) is 5. The molecule has 0 aromatic heterocycles. The molecule has 1 heterocycles. The zero-order valence-corrected chi connectivity index (χ0v) is 19.3. The Labute approximate surface area is 193 Å². The van der Waals surface area contributed by atoms with Gasteiger partial charge in [0.05, 0.1) is 4.75 Å². The molecule has 2 amide bonds. The average Bonchev–Trinajstić information content (AvgIpc) is 3.17. The van der Waals surface area contributed by atoms with Crippen molar-refractivity contribution in [2.24, 2.45) is 11.1 Å². The lowest BCUT2D eigenvalue weighted by molar-refractivity contribution is -0.120. The van der Waals surface area contributed by atoms with Crippen LogP contribution in [0.1, 0.15) is 48.0 Å². The number of nitrogens with one attached hydrogen (secondary N) is 2. The van der Waals surface area contributed by atoms with Gasteiger partial charge in [0, 0.05) is 17.5 Å². The first-order valence-electron chi connectivity index (χ1n) is 11.2. The first kappa shape index (κ1) is 22.7. The molecule has 1 aliphatic heterocycles. The maximum atomic E-state index is 12.5. The van der Waals surface area contributed by atoms with E-state index in [4.69, 9.17) is 10.5 Å². The maximum absolute atomic E-state index is 12.5. The van der Waals surface area contributed by atoms with Gasteiger partial charge in [-0.25, -0.2) is 0 Å². The molecule has 1 saturated carbocycles. The Morgan fingerprint density at radius 3 is 2.34 bits per heavy atom. The molecule has 6 nitrogen and oxygen atoms in total. The van der Waals surface area contributed by atoms with Crippen LogP contribution in [0.5, 0.6) is 5.75 Å². The number of carbonyl (C=O) groups excluding carboxylic acids is 2. The predicted octanol–water partition coefficient (Wildman–Crippen LogP) is 3.50. The highest BCUT2D eigenvalue weighted by molar-refractivity contribution is 8.01. The van der Waals surface area contributed by atoms with Crippen molar-refractivity contribution in [1.82, 2.24) is 10.6 Å². The van der Waals surface area contributed by atoms with Gasteiger partial charge in [-0.2, -0.15) is 0 Å². The van der Waals surface area contributed by atoms with Crippen molar-refractivity contribution in [3.8, 4) is 5.75 Å². The number of hydrogen-bond donors (Lipinski definition) is 3. The zero-order chi connectivity index (χ0) is 22.6. The van der Waals surface area contributed by atoms with Crippen LogP contribution in [0.4, 0.5) is 0 Å². The van der Waals surface area contributed by atoms with Gasteiger partial charge < -0.3 is 21.1 Å². The van der Waals surface area contributed by atoms with Gasteiger partial charge in [0.25, 0.3) is 5.91 Å². The summed E-state index contributed by atoms with van der Waals surface area (Å²) in [4.78, 5) is 25.2. The first-order valence-corrected chi connectivity index (χ1v) is 12.0. The van der Waals surface area contributed by atoms with E-state index >= 15 is 0 Å². The van der Waals surface area contributed by atoms with E-state index in [1.54, 1.807) is 30.9 Å². The third kappa shape index (κ3) is 4.94. The van der Waals surface area contributed by atoms with Crippen molar-refractivity contribution in [2.75, 3.05) is 20.1 Å². The molecule has 2 fully saturated rings. The molecule has 2 aliphatic rings. The number of thioether (sulfide) groups is 1. The summed E-state index contributed by atoms with van der Waals surface area (Å²) in [6.45, 7) is 2.47. The van der Waals surface area contributed by atoms with Gasteiger partial charge in [0.2, 0.25) is 5.91 Å². The van der Waals surface area contributed by atoms with Gasteiger partial charge in [-0.05, 0) is 92.6 Å². The second-order valence-corrected chi connectivity index (χ2v) is 10.4. The van der Waals surface area contributed by atoms with E-state index in [2.05, 4.69) is 10.6 Å². The lowest BCUT2D eigenvalue weighted by atomic mass is 9.77. The first-order chi connectivity index (χ1) is 15.4. The monoisotopic (exact) mass is 453 g/mol. The highest BCUT2D eigenvalue weighted by Crippen LogP contribution is 2.56.